The van der Waals surface area contributed by atoms with Crippen LogP contribution in [-0.2, 0) is 22.7 Å². The molecule has 0 fully saturated rings. The molecule has 2 aromatic carbocycles. The summed E-state index contributed by atoms with van der Waals surface area (Å²) in [5.41, 5.74) is -0.0626. The maximum atomic E-state index is 12.6. The van der Waals surface area contributed by atoms with Crippen molar-refractivity contribution in [1.29, 1.82) is 0 Å². The molecular weight excluding hydrogens is 327 g/mol. The minimum absolute atomic E-state index is 0.150. The quantitative estimate of drug-likeness (QED) is 0.825. The number of alkyl halides is 3. The van der Waals surface area contributed by atoms with Crippen LogP contribution in [0.25, 0.3) is 0 Å². The van der Waals surface area contributed by atoms with E-state index in [9.17, 15) is 21.6 Å². The first-order valence-corrected chi connectivity index (χ1v) is 8.40. The molecule has 0 amide bonds. The van der Waals surface area contributed by atoms with Crippen LogP contribution >= 0.6 is 0 Å². The molecule has 0 bridgehead atoms. The van der Waals surface area contributed by atoms with Crippen LogP contribution in [0, 0.1) is 0 Å². The summed E-state index contributed by atoms with van der Waals surface area (Å²) in [6.45, 7) is 2.07. The summed E-state index contributed by atoms with van der Waals surface area (Å²) >= 11 is 0. The molecule has 0 heterocycles. The first-order chi connectivity index (χ1) is 10.7. The van der Waals surface area contributed by atoms with Gasteiger partial charge >= 0.3 is 6.18 Å². The first-order valence-electron chi connectivity index (χ1n) is 6.96. The van der Waals surface area contributed by atoms with E-state index in [1.807, 2.05) is 6.07 Å². The van der Waals surface area contributed by atoms with Crippen molar-refractivity contribution >= 4 is 10.0 Å². The van der Waals surface area contributed by atoms with Crippen molar-refractivity contribution in [1.82, 2.24) is 4.31 Å². The molecule has 0 saturated heterocycles. The number of nitrogens with zero attached hydrogens (tertiary/aromatic N) is 1. The van der Waals surface area contributed by atoms with E-state index in [2.05, 4.69) is 0 Å². The topological polar surface area (TPSA) is 37.4 Å². The zero-order valence-electron chi connectivity index (χ0n) is 12.4. The molecule has 0 radical (unpaired) electrons. The summed E-state index contributed by atoms with van der Waals surface area (Å²) in [4.78, 5) is -0.150. The van der Waals surface area contributed by atoms with Crippen molar-refractivity contribution in [3.8, 4) is 0 Å². The van der Waals surface area contributed by atoms with Crippen LogP contribution in [0.4, 0.5) is 13.2 Å². The van der Waals surface area contributed by atoms with Crippen molar-refractivity contribution in [3.05, 3.63) is 65.7 Å². The molecule has 0 aliphatic rings. The fourth-order valence-electron chi connectivity index (χ4n) is 2.12. The third-order valence-corrected chi connectivity index (χ3v) is 5.31. The maximum absolute atomic E-state index is 12.6. The number of halogens is 3. The minimum Gasteiger partial charge on any atom is -0.207 e. The van der Waals surface area contributed by atoms with Crippen LogP contribution in [0.3, 0.4) is 0 Å². The van der Waals surface area contributed by atoms with E-state index in [4.69, 9.17) is 0 Å². The lowest BCUT2D eigenvalue weighted by Gasteiger charge is -2.21. The average molecular weight is 343 g/mol. The molecule has 2 rings (SSSR count). The SMILES string of the molecule is CCN(Cc1ccccc1)S(=O)(=O)c1ccc(C(F)(F)F)cc1. The molecule has 0 N–H and O–H groups in total. The van der Waals surface area contributed by atoms with Crippen LogP contribution in [0.2, 0.25) is 0 Å². The Balaban J connectivity index is 2.28. The molecule has 124 valence electrons. The van der Waals surface area contributed by atoms with Gasteiger partial charge in [-0.05, 0) is 29.8 Å². The summed E-state index contributed by atoms with van der Waals surface area (Å²) in [6.07, 6.45) is -4.49. The highest BCUT2D eigenvalue weighted by molar-refractivity contribution is 7.89. The van der Waals surface area contributed by atoms with Crippen LogP contribution in [0.15, 0.2) is 59.5 Å². The predicted molar refractivity (Wildman–Crippen MR) is 81.2 cm³/mol. The van der Waals surface area contributed by atoms with Crippen LogP contribution < -0.4 is 0 Å². The van der Waals surface area contributed by atoms with E-state index in [0.29, 0.717) is 0 Å². The summed E-state index contributed by atoms with van der Waals surface area (Å²) in [7, 11) is -3.85. The van der Waals surface area contributed by atoms with Crippen LogP contribution in [0.1, 0.15) is 18.1 Å². The molecule has 0 atom stereocenters. The van der Waals surface area contributed by atoms with Gasteiger partial charge in [0.1, 0.15) is 0 Å². The molecule has 0 saturated carbocycles. The van der Waals surface area contributed by atoms with E-state index in [1.165, 1.54) is 4.31 Å². The second-order valence-corrected chi connectivity index (χ2v) is 6.88. The van der Waals surface area contributed by atoms with Crippen molar-refractivity contribution < 1.29 is 21.6 Å². The van der Waals surface area contributed by atoms with Crippen molar-refractivity contribution in [2.24, 2.45) is 0 Å². The molecule has 23 heavy (non-hydrogen) atoms. The first kappa shape index (κ1) is 17.5. The van der Waals surface area contributed by atoms with Crippen molar-refractivity contribution in [3.63, 3.8) is 0 Å². The summed E-state index contributed by atoms with van der Waals surface area (Å²) < 4.78 is 64.1. The highest BCUT2D eigenvalue weighted by Crippen LogP contribution is 2.30. The smallest absolute Gasteiger partial charge is 0.207 e. The predicted octanol–water partition coefficient (Wildman–Crippen LogP) is 3.92. The standard InChI is InChI=1S/C16H16F3NO2S/c1-2-20(12-13-6-4-3-5-7-13)23(21,22)15-10-8-14(9-11-15)16(17,18)19/h3-11H,2,12H2,1H3. The van der Waals surface area contributed by atoms with E-state index >= 15 is 0 Å². The highest BCUT2D eigenvalue weighted by Gasteiger charge is 2.31. The highest BCUT2D eigenvalue weighted by atomic mass is 32.2. The fraction of sp³-hybridized carbons (Fsp3) is 0.250. The lowest BCUT2D eigenvalue weighted by molar-refractivity contribution is -0.137. The number of benzene rings is 2. The molecule has 0 aliphatic carbocycles. The summed E-state index contributed by atoms with van der Waals surface area (Å²) in [6, 6.07) is 12.6. The lowest BCUT2D eigenvalue weighted by Crippen LogP contribution is -2.30. The summed E-state index contributed by atoms with van der Waals surface area (Å²) in [5, 5.41) is 0. The molecule has 0 aromatic heterocycles. The van der Waals surface area contributed by atoms with Crippen LogP contribution in [-0.4, -0.2) is 19.3 Å². The molecule has 7 heteroatoms. The van der Waals surface area contributed by atoms with Gasteiger partial charge in [-0.2, -0.15) is 17.5 Å². The van der Waals surface area contributed by atoms with Gasteiger partial charge in [0.2, 0.25) is 10.0 Å². The largest absolute Gasteiger partial charge is 0.416 e. The zero-order valence-corrected chi connectivity index (χ0v) is 13.2. The second-order valence-electron chi connectivity index (χ2n) is 4.94. The normalized spacial score (nSPS) is 12.6. The Morgan fingerprint density at radius 1 is 0.957 bits per heavy atom. The molecule has 2 aromatic rings. The van der Waals surface area contributed by atoms with Crippen molar-refractivity contribution in [2.75, 3.05) is 6.54 Å². The van der Waals surface area contributed by atoms with E-state index in [1.54, 1.807) is 31.2 Å². The molecule has 3 nitrogen and oxygen atoms in total. The van der Waals surface area contributed by atoms with Gasteiger partial charge < -0.3 is 0 Å². The van der Waals surface area contributed by atoms with E-state index < -0.39 is 21.8 Å². The maximum Gasteiger partial charge on any atom is 0.416 e. The summed E-state index contributed by atoms with van der Waals surface area (Å²) in [5.74, 6) is 0. The number of hydrogen-bond acceptors (Lipinski definition) is 2. The van der Waals surface area contributed by atoms with Gasteiger partial charge in [0.05, 0.1) is 10.5 Å². The van der Waals surface area contributed by atoms with Gasteiger partial charge in [0.25, 0.3) is 0 Å². The molecule has 0 unspecified atom stereocenters. The van der Waals surface area contributed by atoms with Gasteiger partial charge in [0, 0.05) is 13.1 Å². The Bertz CT molecular complexity index is 741. The van der Waals surface area contributed by atoms with Gasteiger partial charge in [-0.1, -0.05) is 37.3 Å². The zero-order chi connectivity index (χ0) is 17.1. The fourth-order valence-corrected chi connectivity index (χ4v) is 3.56. The Morgan fingerprint density at radius 3 is 2.00 bits per heavy atom. The Labute approximate surface area is 133 Å². The van der Waals surface area contributed by atoms with Gasteiger partial charge in [-0.3, -0.25) is 0 Å². The average Bonchev–Trinajstić information content (AvgIpc) is 2.52. The number of sulfonamides is 1. The van der Waals surface area contributed by atoms with Crippen molar-refractivity contribution in [2.45, 2.75) is 24.5 Å². The Kier molecular flexibility index (Phi) is 5.11. The third-order valence-electron chi connectivity index (χ3n) is 3.37. The van der Waals surface area contributed by atoms with Gasteiger partial charge in [-0.15, -0.1) is 0 Å². The van der Waals surface area contributed by atoms with Crippen LogP contribution in [0.5, 0.6) is 0 Å². The van der Waals surface area contributed by atoms with Gasteiger partial charge in [-0.25, -0.2) is 8.42 Å². The Hall–Kier alpha value is -1.86. The molecule has 0 spiro atoms. The van der Waals surface area contributed by atoms with E-state index in [0.717, 1.165) is 29.8 Å². The van der Waals surface area contributed by atoms with Gasteiger partial charge in [0.15, 0.2) is 0 Å². The minimum atomic E-state index is -4.49. The molecular formula is C16H16F3NO2S. The third kappa shape index (κ3) is 4.11. The monoisotopic (exact) mass is 343 g/mol. The molecule has 0 aliphatic heterocycles. The van der Waals surface area contributed by atoms with E-state index in [-0.39, 0.29) is 18.0 Å². The number of hydrogen-bond donors (Lipinski definition) is 0. The lowest BCUT2D eigenvalue weighted by atomic mass is 10.2. The Morgan fingerprint density at radius 2 is 1.52 bits per heavy atom. The second kappa shape index (κ2) is 6.72. The number of rotatable bonds is 5.